The summed E-state index contributed by atoms with van der Waals surface area (Å²) in [5, 5.41) is 4.26. The fraction of sp³-hybridized carbons (Fsp3) is 0.333. The Balaban J connectivity index is 1.17. The van der Waals surface area contributed by atoms with E-state index in [0.717, 1.165) is 18.4 Å². The Morgan fingerprint density at radius 2 is 1.75 bits per heavy atom. The third-order valence-corrected chi connectivity index (χ3v) is 6.58. The molecule has 2 aliphatic heterocycles. The zero-order chi connectivity index (χ0) is 21.7. The standard InChI is InChI=1S/C24H22FN3O4/c25-17-3-1-2-4-18(17)27-9-11-28(12-10-27)23(29)24(7-8-24)22-14-20(32-26-22)16-5-6-19-21(13-16)31-15-30-19/h1-6,13-14H,7-12,15H2. The lowest BCUT2D eigenvalue weighted by molar-refractivity contribution is -0.134. The second-order valence-corrected chi connectivity index (χ2v) is 8.46. The molecule has 164 valence electrons. The molecule has 3 heterocycles. The average Bonchev–Trinajstić information content (AvgIpc) is 3.25. The summed E-state index contributed by atoms with van der Waals surface area (Å²) in [6, 6.07) is 14.2. The van der Waals surface area contributed by atoms with E-state index in [9.17, 15) is 9.18 Å². The van der Waals surface area contributed by atoms with Gasteiger partial charge in [0, 0.05) is 37.8 Å². The first-order valence-electron chi connectivity index (χ1n) is 10.8. The maximum Gasteiger partial charge on any atom is 0.235 e. The van der Waals surface area contributed by atoms with Gasteiger partial charge < -0.3 is 23.8 Å². The lowest BCUT2D eigenvalue weighted by atomic mass is 9.99. The SMILES string of the molecule is O=C(N1CCN(c2ccccc2F)CC1)C1(c2cc(-c3ccc4c(c3)OCO4)on2)CC1. The largest absolute Gasteiger partial charge is 0.454 e. The van der Waals surface area contributed by atoms with Gasteiger partial charge in [-0.25, -0.2) is 4.39 Å². The lowest BCUT2D eigenvalue weighted by Crippen LogP contribution is -2.51. The molecular formula is C24H22FN3O4. The smallest absolute Gasteiger partial charge is 0.235 e. The molecule has 32 heavy (non-hydrogen) atoms. The summed E-state index contributed by atoms with van der Waals surface area (Å²) in [6.45, 7) is 2.53. The summed E-state index contributed by atoms with van der Waals surface area (Å²) in [5.41, 5.74) is 1.48. The maximum atomic E-state index is 14.1. The fourth-order valence-electron chi connectivity index (χ4n) is 4.55. The van der Waals surface area contributed by atoms with Crippen LogP contribution in [0.4, 0.5) is 10.1 Å². The van der Waals surface area contributed by atoms with Gasteiger partial charge in [0.15, 0.2) is 17.3 Å². The Hall–Kier alpha value is -3.55. The second kappa shape index (κ2) is 7.25. The van der Waals surface area contributed by atoms with Crippen LogP contribution in [0.1, 0.15) is 18.5 Å². The molecule has 0 radical (unpaired) electrons. The summed E-state index contributed by atoms with van der Waals surface area (Å²) >= 11 is 0. The van der Waals surface area contributed by atoms with E-state index in [4.69, 9.17) is 14.0 Å². The number of rotatable bonds is 4. The van der Waals surface area contributed by atoms with Gasteiger partial charge in [-0.15, -0.1) is 0 Å². The summed E-state index contributed by atoms with van der Waals surface area (Å²) in [4.78, 5) is 17.3. The summed E-state index contributed by atoms with van der Waals surface area (Å²) < 4.78 is 30.5. The number of para-hydroxylation sites is 1. The van der Waals surface area contributed by atoms with Crippen molar-refractivity contribution in [2.75, 3.05) is 37.9 Å². The fourth-order valence-corrected chi connectivity index (χ4v) is 4.55. The number of fused-ring (bicyclic) bond motifs is 1. The minimum atomic E-state index is -0.613. The molecule has 1 amide bonds. The van der Waals surface area contributed by atoms with Gasteiger partial charge in [-0.05, 0) is 43.2 Å². The highest BCUT2D eigenvalue weighted by Gasteiger charge is 2.55. The van der Waals surface area contributed by atoms with Crippen molar-refractivity contribution >= 4 is 11.6 Å². The molecule has 1 saturated carbocycles. The summed E-state index contributed by atoms with van der Waals surface area (Å²) in [5.74, 6) is 1.82. The number of hydrogen-bond donors (Lipinski definition) is 0. The Morgan fingerprint density at radius 1 is 0.969 bits per heavy atom. The molecule has 2 aromatic carbocycles. The maximum absolute atomic E-state index is 14.1. The van der Waals surface area contributed by atoms with Crippen molar-refractivity contribution in [2.45, 2.75) is 18.3 Å². The molecule has 2 fully saturated rings. The van der Waals surface area contributed by atoms with E-state index in [-0.39, 0.29) is 18.5 Å². The summed E-state index contributed by atoms with van der Waals surface area (Å²) in [7, 11) is 0. The first-order chi connectivity index (χ1) is 15.6. The molecule has 1 aliphatic carbocycles. The molecule has 1 aromatic heterocycles. The van der Waals surface area contributed by atoms with E-state index in [1.807, 2.05) is 40.1 Å². The highest BCUT2D eigenvalue weighted by Crippen LogP contribution is 2.50. The first kappa shape index (κ1) is 19.2. The number of ether oxygens (including phenoxy) is 2. The van der Waals surface area contributed by atoms with E-state index >= 15 is 0 Å². The van der Waals surface area contributed by atoms with E-state index in [2.05, 4.69) is 5.16 Å². The number of benzene rings is 2. The van der Waals surface area contributed by atoms with Gasteiger partial charge in [-0.3, -0.25) is 4.79 Å². The van der Waals surface area contributed by atoms with Gasteiger partial charge in [0.25, 0.3) is 0 Å². The molecular weight excluding hydrogens is 413 g/mol. The zero-order valence-electron chi connectivity index (χ0n) is 17.4. The Bertz CT molecular complexity index is 1180. The van der Waals surface area contributed by atoms with Gasteiger partial charge >= 0.3 is 0 Å². The minimum Gasteiger partial charge on any atom is -0.454 e. The van der Waals surface area contributed by atoms with Gasteiger partial charge in [-0.1, -0.05) is 17.3 Å². The van der Waals surface area contributed by atoms with Crippen LogP contribution in [0.3, 0.4) is 0 Å². The van der Waals surface area contributed by atoms with Crippen LogP contribution < -0.4 is 14.4 Å². The minimum absolute atomic E-state index is 0.0798. The van der Waals surface area contributed by atoms with E-state index in [1.165, 1.54) is 6.07 Å². The van der Waals surface area contributed by atoms with Crippen LogP contribution in [-0.4, -0.2) is 48.9 Å². The first-order valence-corrected chi connectivity index (χ1v) is 10.8. The van der Waals surface area contributed by atoms with Crippen LogP contribution in [0, 0.1) is 5.82 Å². The van der Waals surface area contributed by atoms with Crippen molar-refractivity contribution in [3.05, 3.63) is 60.0 Å². The molecule has 1 saturated heterocycles. The zero-order valence-corrected chi connectivity index (χ0v) is 17.4. The Morgan fingerprint density at radius 3 is 2.53 bits per heavy atom. The third-order valence-electron chi connectivity index (χ3n) is 6.58. The van der Waals surface area contributed by atoms with Crippen LogP contribution >= 0.6 is 0 Å². The third kappa shape index (κ3) is 3.09. The Labute approximate surface area is 184 Å². The Kier molecular flexibility index (Phi) is 4.34. The summed E-state index contributed by atoms with van der Waals surface area (Å²) in [6.07, 6.45) is 1.51. The number of aromatic nitrogens is 1. The molecule has 0 bridgehead atoms. The van der Waals surface area contributed by atoms with Crippen molar-refractivity contribution in [3.8, 4) is 22.8 Å². The molecule has 3 aromatic rings. The van der Waals surface area contributed by atoms with Crippen LogP contribution in [0.15, 0.2) is 53.1 Å². The predicted octanol–water partition coefficient (Wildman–Crippen LogP) is 3.59. The normalized spacial score (nSPS) is 18.7. The average molecular weight is 435 g/mol. The molecule has 6 rings (SSSR count). The van der Waals surface area contributed by atoms with E-state index in [0.29, 0.717) is 54.8 Å². The van der Waals surface area contributed by atoms with Gasteiger partial charge in [0.2, 0.25) is 12.7 Å². The second-order valence-electron chi connectivity index (χ2n) is 8.46. The molecule has 0 atom stereocenters. The molecule has 0 unspecified atom stereocenters. The van der Waals surface area contributed by atoms with Crippen LogP contribution in [0.2, 0.25) is 0 Å². The van der Waals surface area contributed by atoms with Crippen molar-refractivity contribution in [3.63, 3.8) is 0 Å². The number of anilines is 1. The molecule has 3 aliphatic rings. The monoisotopic (exact) mass is 435 g/mol. The van der Waals surface area contributed by atoms with Gasteiger partial charge in [0.05, 0.1) is 16.8 Å². The van der Waals surface area contributed by atoms with Gasteiger partial charge in [-0.2, -0.15) is 0 Å². The molecule has 0 N–H and O–H groups in total. The van der Waals surface area contributed by atoms with Crippen LogP contribution in [0.5, 0.6) is 11.5 Å². The number of amides is 1. The van der Waals surface area contributed by atoms with E-state index in [1.54, 1.807) is 12.1 Å². The molecule has 8 heteroatoms. The van der Waals surface area contributed by atoms with Crippen LogP contribution in [-0.2, 0) is 10.2 Å². The number of nitrogens with zero attached hydrogens (tertiary/aromatic N) is 3. The number of carbonyl (C=O) groups is 1. The molecule has 7 nitrogen and oxygen atoms in total. The van der Waals surface area contributed by atoms with E-state index < -0.39 is 5.41 Å². The molecule has 0 spiro atoms. The topological polar surface area (TPSA) is 68.0 Å². The van der Waals surface area contributed by atoms with Crippen molar-refractivity contribution < 1.29 is 23.2 Å². The van der Waals surface area contributed by atoms with Crippen molar-refractivity contribution in [2.24, 2.45) is 0 Å². The lowest BCUT2D eigenvalue weighted by Gasteiger charge is -2.37. The number of piperazine rings is 1. The highest BCUT2D eigenvalue weighted by atomic mass is 19.1. The van der Waals surface area contributed by atoms with Crippen molar-refractivity contribution in [1.29, 1.82) is 0 Å². The number of hydrogen-bond acceptors (Lipinski definition) is 6. The van der Waals surface area contributed by atoms with Gasteiger partial charge in [0.1, 0.15) is 5.82 Å². The van der Waals surface area contributed by atoms with Crippen molar-refractivity contribution in [1.82, 2.24) is 10.1 Å². The van der Waals surface area contributed by atoms with Crippen LogP contribution in [0.25, 0.3) is 11.3 Å². The predicted molar refractivity (Wildman–Crippen MR) is 114 cm³/mol. The number of halogens is 1. The highest BCUT2D eigenvalue weighted by molar-refractivity contribution is 5.91. The number of carbonyl (C=O) groups excluding carboxylic acids is 1. The quantitative estimate of drug-likeness (QED) is 0.624.